The normalized spacial score (nSPS) is 24.2. The van der Waals surface area contributed by atoms with Crippen LogP contribution in [0, 0.1) is 5.92 Å². The van der Waals surface area contributed by atoms with Gasteiger partial charge in [-0.05, 0) is 25.0 Å². The van der Waals surface area contributed by atoms with Crippen molar-refractivity contribution in [2.45, 2.75) is 32.5 Å². The number of carboxylic acids is 1. The molecule has 1 amide bonds. The predicted octanol–water partition coefficient (Wildman–Crippen LogP) is 1.85. The van der Waals surface area contributed by atoms with Crippen LogP contribution in [0.2, 0.25) is 0 Å². The quantitative estimate of drug-likeness (QED) is 0.804. The summed E-state index contributed by atoms with van der Waals surface area (Å²) >= 11 is 0. The highest BCUT2D eigenvalue weighted by Crippen LogP contribution is 2.29. The second-order valence-electron chi connectivity index (χ2n) is 6.36. The van der Waals surface area contributed by atoms with Gasteiger partial charge in [0.25, 0.3) is 0 Å². The largest absolute Gasteiger partial charge is 0.478 e. The standard InChI is InChI=1S/C17H19N3O3/c1-9(2)13-15(21)20-17(3,19-13)14-11(16(22)23)8-10-6-4-5-7-12(10)18-14/h4-9,13,19H,1-3H3,(H,20,21)(H,22,23). The van der Waals surface area contributed by atoms with Gasteiger partial charge < -0.3 is 10.4 Å². The maximum Gasteiger partial charge on any atom is 0.337 e. The van der Waals surface area contributed by atoms with Gasteiger partial charge in [-0.15, -0.1) is 0 Å². The van der Waals surface area contributed by atoms with E-state index in [1.54, 1.807) is 13.0 Å². The number of benzene rings is 1. The third-order valence-electron chi connectivity index (χ3n) is 4.19. The number of fused-ring (bicyclic) bond motifs is 1. The average molecular weight is 313 g/mol. The van der Waals surface area contributed by atoms with E-state index < -0.39 is 11.6 Å². The lowest BCUT2D eigenvalue weighted by atomic mass is 9.99. The lowest BCUT2D eigenvalue weighted by molar-refractivity contribution is -0.121. The molecule has 0 bridgehead atoms. The fraction of sp³-hybridized carbons (Fsp3) is 0.353. The van der Waals surface area contributed by atoms with Crippen molar-refractivity contribution in [3.63, 3.8) is 0 Å². The minimum atomic E-state index is -1.07. The molecule has 2 aromatic rings. The molecule has 2 heterocycles. The molecule has 120 valence electrons. The number of carbonyl (C=O) groups excluding carboxylic acids is 1. The van der Waals surface area contributed by atoms with Crippen LogP contribution < -0.4 is 10.6 Å². The summed E-state index contributed by atoms with van der Waals surface area (Å²) in [5, 5.41) is 16.4. The Labute approximate surface area is 133 Å². The average Bonchev–Trinajstić information content (AvgIpc) is 2.82. The molecule has 0 saturated carbocycles. The van der Waals surface area contributed by atoms with Gasteiger partial charge in [0.2, 0.25) is 5.91 Å². The van der Waals surface area contributed by atoms with Crippen molar-refractivity contribution in [2.24, 2.45) is 5.92 Å². The maximum atomic E-state index is 12.2. The van der Waals surface area contributed by atoms with E-state index in [0.29, 0.717) is 11.2 Å². The van der Waals surface area contributed by atoms with Crippen LogP contribution in [0.4, 0.5) is 0 Å². The van der Waals surface area contributed by atoms with Gasteiger partial charge in [-0.25, -0.2) is 9.78 Å². The molecular weight excluding hydrogens is 294 g/mol. The molecule has 1 aliphatic rings. The number of amides is 1. The summed E-state index contributed by atoms with van der Waals surface area (Å²) in [6.07, 6.45) is 0. The van der Waals surface area contributed by atoms with Crippen LogP contribution in [0.5, 0.6) is 0 Å². The molecule has 1 aromatic carbocycles. The van der Waals surface area contributed by atoms with Gasteiger partial charge in [0.05, 0.1) is 22.8 Å². The van der Waals surface area contributed by atoms with Crippen LogP contribution in [0.3, 0.4) is 0 Å². The lowest BCUT2D eigenvalue weighted by Gasteiger charge is -2.27. The number of hydrogen-bond donors (Lipinski definition) is 3. The molecule has 1 saturated heterocycles. The zero-order valence-corrected chi connectivity index (χ0v) is 13.3. The van der Waals surface area contributed by atoms with Crippen LogP contribution in [0.15, 0.2) is 30.3 Å². The molecule has 6 nitrogen and oxygen atoms in total. The molecule has 23 heavy (non-hydrogen) atoms. The summed E-state index contributed by atoms with van der Waals surface area (Å²) in [4.78, 5) is 28.4. The molecule has 3 rings (SSSR count). The van der Waals surface area contributed by atoms with Crippen molar-refractivity contribution >= 4 is 22.8 Å². The number of pyridine rings is 1. The molecule has 2 atom stereocenters. The highest BCUT2D eigenvalue weighted by Gasteiger charge is 2.45. The Bertz CT molecular complexity index is 803. The zero-order valence-electron chi connectivity index (χ0n) is 13.3. The van der Waals surface area contributed by atoms with Gasteiger partial charge in [-0.3, -0.25) is 10.1 Å². The smallest absolute Gasteiger partial charge is 0.337 e. The number of aromatic nitrogens is 1. The van der Waals surface area contributed by atoms with Crippen LogP contribution in [0.25, 0.3) is 10.9 Å². The summed E-state index contributed by atoms with van der Waals surface area (Å²) in [7, 11) is 0. The number of para-hydroxylation sites is 1. The molecule has 0 spiro atoms. The van der Waals surface area contributed by atoms with Gasteiger partial charge in [-0.2, -0.15) is 0 Å². The fourth-order valence-corrected chi connectivity index (χ4v) is 2.99. The van der Waals surface area contributed by atoms with Crippen LogP contribution in [-0.4, -0.2) is 28.0 Å². The molecule has 0 radical (unpaired) electrons. The molecule has 1 aliphatic heterocycles. The Balaban J connectivity index is 2.16. The van der Waals surface area contributed by atoms with Crippen LogP contribution >= 0.6 is 0 Å². The first-order valence-electron chi connectivity index (χ1n) is 7.55. The van der Waals surface area contributed by atoms with E-state index in [4.69, 9.17) is 0 Å². The highest BCUT2D eigenvalue weighted by atomic mass is 16.4. The Morgan fingerprint density at radius 3 is 2.65 bits per heavy atom. The van der Waals surface area contributed by atoms with Crippen molar-refractivity contribution < 1.29 is 14.7 Å². The molecule has 3 N–H and O–H groups in total. The van der Waals surface area contributed by atoms with Crippen molar-refractivity contribution in [1.82, 2.24) is 15.6 Å². The monoisotopic (exact) mass is 313 g/mol. The van der Waals surface area contributed by atoms with Crippen LogP contribution in [0.1, 0.15) is 36.8 Å². The molecule has 2 unspecified atom stereocenters. The minimum absolute atomic E-state index is 0.0865. The number of nitrogens with one attached hydrogen (secondary N) is 2. The molecule has 1 aromatic heterocycles. The van der Waals surface area contributed by atoms with E-state index >= 15 is 0 Å². The second-order valence-corrected chi connectivity index (χ2v) is 6.36. The number of carbonyl (C=O) groups is 2. The van der Waals surface area contributed by atoms with Crippen molar-refractivity contribution in [1.29, 1.82) is 0 Å². The lowest BCUT2D eigenvalue weighted by Crippen LogP contribution is -2.46. The zero-order chi connectivity index (χ0) is 16.8. The molecule has 1 fully saturated rings. The maximum absolute atomic E-state index is 12.2. The number of hydrogen-bond acceptors (Lipinski definition) is 4. The first-order valence-corrected chi connectivity index (χ1v) is 7.55. The number of aromatic carboxylic acids is 1. The summed E-state index contributed by atoms with van der Waals surface area (Å²) in [5.74, 6) is -1.12. The fourth-order valence-electron chi connectivity index (χ4n) is 2.99. The van der Waals surface area contributed by atoms with E-state index in [-0.39, 0.29) is 23.4 Å². The van der Waals surface area contributed by atoms with Crippen molar-refractivity contribution in [3.8, 4) is 0 Å². The van der Waals surface area contributed by atoms with Crippen molar-refractivity contribution in [2.75, 3.05) is 0 Å². The van der Waals surface area contributed by atoms with Gasteiger partial charge in [0.15, 0.2) is 0 Å². The summed E-state index contributed by atoms with van der Waals surface area (Å²) in [5.41, 5.74) is 0.0884. The van der Waals surface area contributed by atoms with Gasteiger partial charge in [0.1, 0.15) is 5.66 Å². The second kappa shape index (κ2) is 5.31. The third kappa shape index (κ3) is 2.55. The summed E-state index contributed by atoms with van der Waals surface area (Å²) in [6, 6.07) is 8.54. The van der Waals surface area contributed by atoms with E-state index in [9.17, 15) is 14.7 Å². The number of rotatable bonds is 3. The number of carboxylic acid groups (broad SMARTS) is 1. The highest BCUT2D eigenvalue weighted by molar-refractivity contribution is 5.95. The SMILES string of the molecule is CC(C)C1NC(C)(c2nc3ccccc3cc2C(=O)O)NC1=O. The van der Waals surface area contributed by atoms with E-state index in [0.717, 1.165) is 5.39 Å². The molecule has 6 heteroatoms. The van der Waals surface area contributed by atoms with E-state index in [1.807, 2.05) is 38.1 Å². The van der Waals surface area contributed by atoms with E-state index in [1.165, 1.54) is 0 Å². The number of nitrogens with zero attached hydrogens (tertiary/aromatic N) is 1. The molecular formula is C17H19N3O3. The summed E-state index contributed by atoms with van der Waals surface area (Å²) < 4.78 is 0. The van der Waals surface area contributed by atoms with Gasteiger partial charge in [0, 0.05) is 5.39 Å². The Hall–Kier alpha value is -2.47. The molecule has 0 aliphatic carbocycles. The first-order chi connectivity index (χ1) is 10.8. The van der Waals surface area contributed by atoms with Crippen LogP contribution in [-0.2, 0) is 10.5 Å². The Morgan fingerprint density at radius 2 is 2.04 bits per heavy atom. The first kappa shape index (κ1) is 15.4. The van der Waals surface area contributed by atoms with Gasteiger partial charge in [-0.1, -0.05) is 32.0 Å². The Morgan fingerprint density at radius 1 is 1.35 bits per heavy atom. The topological polar surface area (TPSA) is 91.3 Å². The van der Waals surface area contributed by atoms with Crippen molar-refractivity contribution in [3.05, 3.63) is 41.6 Å². The van der Waals surface area contributed by atoms with Gasteiger partial charge >= 0.3 is 5.97 Å². The third-order valence-corrected chi connectivity index (χ3v) is 4.19. The van der Waals surface area contributed by atoms with E-state index in [2.05, 4.69) is 15.6 Å². The minimum Gasteiger partial charge on any atom is -0.478 e. The predicted molar refractivity (Wildman–Crippen MR) is 86.0 cm³/mol. The summed E-state index contributed by atoms with van der Waals surface area (Å²) in [6.45, 7) is 5.63. The Kier molecular flexibility index (Phi) is 3.56.